The summed E-state index contributed by atoms with van der Waals surface area (Å²) in [4.78, 5) is 22.1. The quantitative estimate of drug-likeness (QED) is 0.493. The third-order valence-electron chi connectivity index (χ3n) is 4.03. The maximum absolute atomic E-state index is 12.8. The van der Waals surface area contributed by atoms with Crippen molar-refractivity contribution in [2.45, 2.75) is 31.1 Å². The lowest BCUT2D eigenvalue weighted by Crippen LogP contribution is -2.32. The van der Waals surface area contributed by atoms with Crippen LogP contribution in [0.5, 0.6) is 0 Å². The van der Waals surface area contributed by atoms with Gasteiger partial charge in [-0.2, -0.15) is 4.31 Å². The molecular weight excluding hydrogens is 350 g/mol. The molecule has 1 aliphatic carbocycles. The average molecular weight is 373 g/mol. The van der Waals surface area contributed by atoms with Crippen molar-refractivity contribution in [2.24, 2.45) is 0 Å². The van der Waals surface area contributed by atoms with Gasteiger partial charge in [0.05, 0.1) is 4.90 Å². The number of allylic oxidation sites excluding steroid dienone is 5. The van der Waals surface area contributed by atoms with Gasteiger partial charge in [-0.15, -0.1) is 0 Å². The first-order valence-corrected chi connectivity index (χ1v) is 9.93. The molecule has 0 amide bonds. The summed E-state index contributed by atoms with van der Waals surface area (Å²) in [5.74, 6) is 0.0851. The fourth-order valence-corrected chi connectivity index (χ4v) is 3.90. The minimum Gasteiger partial charge on any atom is -0.303 e. The molecular formula is C20H23NO4S. The highest BCUT2D eigenvalue weighted by Crippen LogP contribution is 2.17. The maximum atomic E-state index is 12.8. The van der Waals surface area contributed by atoms with Gasteiger partial charge in [-0.1, -0.05) is 42.0 Å². The molecule has 0 fully saturated rings. The topological polar surface area (TPSA) is 71.5 Å². The summed E-state index contributed by atoms with van der Waals surface area (Å²) in [5, 5.41) is 0. The van der Waals surface area contributed by atoms with Crippen LogP contribution < -0.4 is 0 Å². The Balaban J connectivity index is 2.05. The Hall–Kier alpha value is -2.31. The van der Waals surface area contributed by atoms with Crippen LogP contribution in [0.1, 0.15) is 24.8 Å². The first-order chi connectivity index (χ1) is 12.4. The van der Waals surface area contributed by atoms with Gasteiger partial charge in [0.2, 0.25) is 10.0 Å². The second-order valence-electron chi connectivity index (χ2n) is 6.09. The van der Waals surface area contributed by atoms with Gasteiger partial charge < -0.3 is 4.79 Å². The predicted octanol–water partition coefficient (Wildman–Crippen LogP) is 2.98. The number of hydrogen-bond acceptors (Lipinski definition) is 4. The SMILES string of the molecule is Cc1ccc(S(=O)(=O)N(CC=CCC2=CCC(=O)C=C2)CCC=O)cc1. The molecule has 2 rings (SSSR count). The molecule has 1 aliphatic rings. The normalized spacial score (nSPS) is 14.8. The zero-order chi connectivity index (χ0) is 19.0. The number of aryl methyl sites for hydroxylation is 1. The second kappa shape index (κ2) is 9.40. The molecule has 138 valence electrons. The van der Waals surface area contributed by atoms with Crippen LogP contribution in [0, 0.1) is 6.92 Å². The van der Waals surface area contributed by atoms with E-state index in [0.29, 0.717) is 12.8 Å². The molecule has 0 saturated heterocycles. The lowest BCUT2D eigenvalue weighted by molar-refractivity contribution is -0.114. The van der Waals surface area contributed by atoms with E-state index in [9.17, 15) is 18.0 Å². The van der Waals surface area contributed by atoms with Crippen LogP contribution in [0.4, 0.5) is 0 Å². The van der Waals surface area contributed by atoms with Crippen molar-refractivity contribution in [3.05, 3.63) is 65.8 Å². The third kappa shape index (κ3) is 5.61. The summed E-state index contributed by atoms with van der Waals surface area (Å²) < 4.78 is 26.9. The fraction of sp³-hybridized carbons (Fsp3) is 0.300. The standard InChI is InChI=1S/C20H23NO4S/c1-17-6-12-20(13-7-17)26(24,25)21(15-4-16-22)14-3-2-5-18-8-10-19(23)11-9-18/h2-3,6-10,12-13,16H,4-5,11,14-15H2,1H3. The first kappa shape index (κ1) is 20.0. The largest absolute Gasteiger partial charge is 0.303 e. The van der Waals surface area contributed by atoms with Crippen molar-refractivity contribution >= 4 is 22.1 Å². The molecule has 0 saturated carbocycles. The number of nitrogens with zero attached hydrogens (tertiary/aromatic N) is 1. The van der Waals surface area contributed by atoms with Crippen molar-refractivity contribution < 1.29 is 18.0 Å². The highest BCUT2D eigenvalue weighted by atomic mass is 32.2. The molecule has 0 N–H and O–H groups in total. The highest BCUT2D eigenvalue weighted by molar-refractivity contribution is 7.89. The molecule has 0 atom stereocenters. The number of sulfonamides is 1. The molecule has 1 aromatic carbocycles. The Kier molecular flexibility index (Phi) is 7.24. The zero-order valence-electron chi connectivity index (χ0n) is 14.8. The van der Waals surface area contributed by atoms with Gasteiger partial charge in [0.25, 0.3) is 0 Å². The van der Waals surface area contributed by atoms with Crippen molar-refractivity contribution in [3.8, 4) is 0 Å². The van der Waals surface area contributed by atoms with Gasteiger partial charge in [0.1, 0.15) is 6.29 Å². The molecule has 0 aliphatic heterocycles. The van der Waals surface area contributed by atoms with Gasteiger partial charge >= 0.3 is 0 Å². The van der Waals surface area contributed by atoms with E-state index in [0.717, 1.165) is 17.4 Å². The number of carbonyl (C=O) groups excluding carboxylic acids is 2. The van der Waals surface area contributed by atoms with E-state index in [1.165, 1.54) is 4.31 Å². The van der Waals surface area contributed by atoms with Crippen LogP contribution in [-0.2, 0) is 19.6 Å². The Morgan fingerprint density at radius 2 is 1.85 bits per heavy atom. The molecule has 1 aromatic rings. The summed E-state index contributed by atoms with van der Waals surface area (Å²) in [6.07, 6.45) is 10.8. The van der Waals surface area contributed by atoms with E-state index in [1.54, 1.807) is 42.5 Å². The number of rotatable bonds is 9. The summed E-state index contributed by atoms with van der Waals surface area (Å²) in [5.41, 5.74) is 2.01. The smallest absolute Gasteiger partial charge is 0.243 e. The molecule has 5 nitrogen and oxygen atoms in total. The lowest BCUT2D eigenvalue weighted by atomic mass is 10.0. The molecule has 26 heavy (non-hydrogen) atoms. The Bertz CT molecular complexity index is 833. The molecule has 6 heteroatoms. The number of hydrogen-bond donors (Lipinski definition) is 0. The van der Waals surface area contributed by atoms with E-state index in [1.807, 2.05) is 19.1 Å². The summed E-state index contributed by atoms with van der Waals surface area (Å²) in [6, 6.07) is 6.67. The molecule has 0 bridgehead atoms. The second-order valence-corrected chi connectivity index (χ2v) is 8.03. The molecule has 0 unspecified atom stereocenters. The fourth-order valence-electron chi connectivity index (χ4n) is 2.50. The molecule has 0 radical (unpaired) electrons. The van der Waals surface area contributed by atoms with E-state index in [2.05, 4.69) is 0 Å². The van der Waals surface area contributed by atoms with Gasteiger partial charge in [0, 0.05) is 25.9 Å². The number of aldehydes is 1. The predicted molar refractivity (Wildman–Crippen MR) is 101 cm³/mol. The molecule has 0 aromatic heterocycles. The minimum atomic E-state index is -3.65. The van der Waals surface area contributed by atoms with Crippen LogP contribution in [0.3, 0.4) is 0 Å². The van der Waals surface area contributed by atoms with Crippen LogP contribution in [0.2, 0.25) is 0 Å². The molecule has 0 spiro atoms. The van der Waals surface area contributed by atoms with Gasteiger partial charge in [-0.25, -0.2) is 8.42 Å². The average Bonchev–Trinajstić information content (AvgIpc) is 2.62. The summed E-state index contributed by atoms with van der Waals surface area (Å²) >= 11 is 0. The Morgan fingerprint density at radius 1 is 1.12 bits per heavy atom. The number of benzene rings is 1. The van der Waals surface area contributed by atoms with E-state index < -0.39 is 10.0 Å². The van der Waals surface area contributed by atoms with E-state index >= 15 is 0 Å². The van der Waals surface area contributed by atoms with E-state index in [4.69, 9.17) is 0 Å². The van der Waals surface area contributed by atoms with Crippen LogP contribution in [0.15, 0.2) is 65.1 Å². The summed E-state index contributed by atoms with van der Waals surface area (Å²) in [6.45, 7) is 2.23. The first-order valence-electron chi connectivity index (χ1n) is 8.49. The highest BCUT2D eigenvalue weighted by Gasteiger charge is 2.22. The minimum absolute atomic E-state index is 0.0851. The maximum Gasteiger partial charge on any atom is 0.243 e. The Labute approximate surface area is 154 Å². The van der Waals surface area contributed by atoms with Crippen molar-refractivity contribution in [3.63, 3.8) is 0 Å². The number of carbonyl (C=O) groups is 2. The van der Waals surface area contributed by atoms with Crippen molar-refractivity contribution in [1.82, 2.24) is 4.31 Å². The van der Waals surface area contributed by atoms with Crippen LogP contribution in [-0.4, -0.2) is 37.9 Å². The molecule has 0 heterocycles. The van der Waals surface area contributed by atoms with Crippen LogP contribution in [0.25, 0.3) is 0 Å². The summed E-state index contributed by atoms with van der Waals surface area (Å²) in [7, 11) is -3.65. The van der Waals surface area contributed by atoms with Gasteiger partial charge in [-0.3, -0.25) is 4.79 Å². The lowest BCUT2D eigenvalue weighted by Gasteiger charge is -2.20. The zero-order valence-corrected chi connectivity index (χ0v) is 15.6. The van der Waals surface area contributed by atoms with Crippen molar-refractivity contribution in [2.75, 3.05) is 13.1 Å². The number of ketones is 1. The van der Waals surface area contributed by atoms with Crippen molar-refractivity contribution in [1.29, 1.82) is 0 Å². The van der Waals surface area contributed by atoms with E-state index in [-0.39, 0.29) is 30.2 Å². The van der Waals surface area contributed by atoms with Crippen LogP contribution >= 0.6 is 0 Å². The van der Waals surface area contributed by atoms with Gasteiger partial charge in [0.15, 0.2) is 5.78 Å². The third-order valence-corrected chi connectivity index (χ3v) is 5.91. The Morgan fingerprint density at radius 3 is 2.46 bits per heavy atom. The monoisotopic (exact) mass is 373 g/mol. The van der Waals surface area contributed by atoms with Gasteiger partial charge in [-0.05, 0) is 37.1 Å².